The molecule has 0 aromatic heterocycles. The lowest BCUT2D eigenvalue weighted by Crippen LogP contribution is -2.45. The predicted molar refractivity (Wildman–Crippen MR) is 82.8 cm³/mol. The minimum absolute atomic E-state index is 0.0573. The maximum Gasteiger partial charge on any atom is 0.396 e. The lowest BCUT2D eigenvalue weighted by Gasteiger charge is -2.35. The molecule has 1 amide bonds. The Balaban J connectivity index is 2.09. The number of piperidine rings is 1. The van der Waals surface area contributed by atoms with Crippen molar-refractivity contribution < 1.29 is 18.0 Å². The normalized spacial score (nSPS) is 21.8. The molecule has 3 unspecified atom stereocenters. The third-order valence-corrected chi connectivity index (χ3v) is 4.53. The molecule has 0 saturated carbocycles. The van der Waals surface area contributed by atoms with E-state index < -0.39 is 24.4 Å². The van der Waals surface area contributed by atoms with Crippen LogP contribution in [0.15, 0.2) is 30.3 Å². The Morgan fingerprint density at radius 1 is 1.35 bits per heavy atom. The van der Waals surface area contributed by atoms with E-state index in [0.29, 0.717) is 13.1 Å². The molecule has 1 saturated heterocycles. The van der Waals surface area contributed by atoms with Gasteiger partial charge in [0.05, 0.1) is 5.92 Å². The highest BCUT2D eigenvalue weighted by Gasteiger charge is 2.42. The van der Waals surface area contributed by atoms with Gasteiger partial charge in [0.1, 0.15) is 0 Å². The van der Waals surface area contributed by atoms with Crippen LogP contribution in [-0.2, 0) is 4.79 Å². The fraction of sp³-hybridized carbons (Fsp3) is 0.588. The maximum absolute atomic E-state index is 13.3. The molecule has 2 rings (SSSR count). The molecule has 3 atom stereocenters. The summed E-state index contributed by atoms with van der Waals surface area (Å²) in [6.45, 7) is 2.85. The van der Waals surface area contributed by atoms with E-state index in [9.17, 15) is 18.0 Å². The van der Waals surface area contributed by atoms with E-state index in [-0.39, 0.29) is 17.5 Å². The summed E-state index contributed by atoms with van der Waals surface area (Å²) in [4.78, 5) is 13.9. The predicted octanol–water partition coefficient (Wildman–Crippen LogP) is 3.31. The summed E-state index contributed by atoms with van der Waals surface area (Å²) in [5.74, 6) is -2.04. The van der Waals surface area contributed by atoms with Crippen LogP contribution in [0, 0.1) is 5.92 Å². The molecule has 1 aromatic carbocycles. The fourth-order valence-corrected chi connectivity index (χ4v) is 3.08. The molecule has 0 spiro atoms. The number of nitrogens with two attached hydrogens (primary N) is 1. The summed E-state index contributed by atoms with van der Waals surface area (Å²) in [6.07, 6.45) is -3.27. The number of carbonyl (C=O) groups excluding carboxylic acids is 1. The van der Waals surface area contributed by atoms with Gasteiger partial charge in [0, 0.05) is 25.6 Å². The molecule has 1 aliphatic rings. The number of nitrogens with zero attached hydrogens (tertiary/aromatic N) is 1. The average molecular weight is 328 g/mol. The topological polar surface area (TPSA) is 46.3 Å². The first-order valence-corrected chi connectivity index (χ1v) is 7.94. The van der Waals surface area contributed by atoms with E-state index in [0.717, 1.165) is 12.8 Å². The summed E-state index contributed by atoms with van der Waals surface area (Å²) in [7, 11) is 0. The quantitative estimate of drug-likeness (QED) is 0.922. The molecule has 1 heterocycles. The molecule has 0 radical (unpaired) electrons. The van der Waals surface area contributed by atoms with Gasteiger partial charge >= 0.3 is 6.18 Å². The third kappa shape index (κ3) is 4.70. The summed E-state index contributed by atoms with van der Waals surface area (Å²) in [5, 5.41) is 0. The zero-order valence-corrected chi connectivity index (χ0v) is 13.2. The summed E-state index contributed by atoms with van der Waals surface area (Å²) in [6, 6.07) is 7.57. The summed E-state index contributed by atoms with van der Waals surface area (Å²) in [5.41, 5.74) is 6.01. The Hall–Kier alpha value is -1.56. The number of hydrogen-bond donors (Lipinski definition) is 1. The van der Waals surface area contributed by atoms with Gasteiger partial charge in [0.25, 0.3) is 0 Å². The first kappa shape index (κ1) is 17.8. The summed E-state index contributed by atoms with van der Waals surface area (Å²) >= 11 is 0. The van der Waals surface area contributed by atoms with Crippen molar-refractivity contribution in [1.29, 1.82) is 0 Å². The highest BCUT2D eigenvalue weighted by Crippen LogP contribution is 2.38. The standard InChI is InChI=1S/C17H23F3N2O/c1-12(21)14-8-5-9-22(11-14)16(23)10-15(17(18,19)20)13-6-3-2-4-7-13/h2-4,6-7,12,14-15H,5,8-11,21H2,1H3. The molecule has 2 N–H and O–H groups in total. The molecule has 1 aliphatic heterocycles. The Kier molecular flexibility index (Phi) is 5.68. The van der Waals surface area contributed by atoms with Crippen LogP contribution in [0.1, 0.15) is 37.7 Å². The molecular formula is C17H23F3N2O. The van der Waals surface area contributed by atoms with Gasteiger partial charge in [-0.3, -0.25) is 4.79 Å². The zero-order chi connectivity index (χ0) is 17.0. The van der Waals surface area contributed by atoms with Crippen molar-refractivity contribution in [1.82, 2.24) is 4.90 Å². The first-order valence-electron chi connectivity index (χ1n) is 7.94. The van der Waals surface area contributed by atoms with Gasteiger partial charge in [-0.25, -0.2) is 0 Å². The van der Waals surface area contributed by atoms with E-state index in [2.05, 4.69) is 0 Å². The van der Waals surface area contributed by atoms with Crippen LogP contribution in [0.5, 0.6) is 0 Å². The zero-order valence-electron chi connectivity index (χ0n) is 13.2. The van der Waals surface area contributed by atoms with Crippen molar-refractivity contribution in [2.24, 2.45) is 11.7 Å². The Morgan fingerprint density at radius 3 is 2.57 bits per heavy atom. The Labute approximate surface area is 134 Å². The van der Waals surface area contributed by atoms with E-state index >= 15 is 0 Å². The van der Waals surface area contributed by atoms with Crippen LogP contribution in [0.4, 0.5) is 13.2 Å². The number of alkyl halides is 3. The van der Waals surface area contributed by atoms with Crippen LogP contribution >= 0.6 is 0 Å². The number of carbonyl (C=O) groups is 1. The van der Waals surface area contributed by atoms with Crippen molar-refractivity contribution in [3.8, 4) is 0 Å². The minimum atomic E-state index is -4.44. The van der Waals surface area contributed by atoms with Crippen LogP contribution in [0.25, 0.3) is 0 Å². The maximum atomic E-state index is 13.3. The van der Waals surface area contributed by atoms with Crippen LogP contribution < -0.4 is 5.73 Å². The molecule has 0 aliphatic carbocycles. The second-order valence-electron chi connectivity index (χ2n) is 6.31. The average Bonchev–Trinajstić information content (AvgIpc) is 2.52. The van der Waals surface area contributed by atoms with Gasteiger partial charge < -0.3 is 10.6 Å². The van der Waals surface area contributed by atoms with Crippen molar-refractivity contribution in [2.45, 2.75) is 44.3 Å². The molecular weight excluding hydrogens is 305 g/mol. The van der Waals surface area contributed by atoms with Crippen molar-refractivity contribution in [3.63, 3.8) is 0 Å². The van der Waals surface area contributed by atoms with Gasteiger partial charge in [0.2, 0.25) is 5.91 Å². The van der Waals surface area contributed by atoms with Crippen LogP contribution in [0.2, 0.25) is 0 Å². The lowest BCUT2D eigenvalue weighted by atomic mass is 9.90. The number of amides is 1. The number of benzene rings is 1. The van der Waals surface area contributed by atoms with E-state index in [4.69, 9.17) is 5.73 Å². The van der Waals surface area contributed by atoms with Crippen LogP contribution in [0.3, 0.4) is 0 Å². The molecule has 0 bridgehead atoms. The van der Waals surface area contributed by atoms with Gasteiger partial charge in [0.15, 0.2) is 0 Å². The molecule has 1 aromatic rings. The van der Waals surface area contributed by atoms with Gasteiger partial charge in [-0.1, -0.05) is 30.3 Å². The number of likely N-dealkylation sites (tertiary alicyclic amines) is 1. The van der Waals surface area contributed by atoms with Crippen LogP contribution in [-0.4, -0.2) is 36.1 Å². The van der Waals surface area contributed by atoms with E-state index in [1.165, 1.54) is 12.1 Å². The highest BCUT2D eigenvalue weighted by molar-refractivity contribution is 5.77. The largest absolute Gasteiger partial charge is 0.396 e. The lowest BCUT2D eigenvalue weighted by molar-refractivity contribution is -0.161. The number of halogens is 3. The molecule has 128 valence electrons. The minimum Gasteiger partial charge on any atom is -0.342 e. The van der Waals surface area contributed by atoms with E-state index in [1.54, 1.807) is 23.1 Å². The molecule has 6 heteroatoms. The second-order valence-corrected chi connectivity index (χ2v) is 6.31. The van der Waals surface area contributed by atoms with Crippen molar-refractivity contribution >= 4 is 5.91 Å². The number of rotatable bonds is 4. The summed E-state index contributed by atoms with van der Waals surface area (Å²) < 4.78 is 40.0. The second kappa shape index (κ2) is 7.34. The van der Waals surface area contributed by atoms with E-state index in [1.807, 2.05) is 6.92 Å². The van der Waals surface area contributed by atoms with Crippen molar-refractivity contribution in [2.75, 3.05) is 13.1 Å². The smallest absolute Gasteiger partial charge is 0.342 e. The Morgan fingerprint density at radius 2 is 2.00 bits per heavy atom. The van der Waals surface area contributed by atoms with Gasteiger partial charge in [-0.05, 0) is 31.2 Å². The highest BCUT2D eigenvalue weighted by atomic mass is 19.4. The molecule has 23 heavy (non-hydrogen) atoms. The van der Waals surface area contributed by atoms with Crippen molar-refractivity contribution in [3.05, 3.63) is 35.9 Å². The van der Waals surface area contributed by atoms with Gasteiger partial charge in [-0.15, -0.1) is 0 Å². The first-order chi connectivity index (χ1) is 10.8. The van der Waals surface area contributed by atoms with Gasteiger partial charge in [-0.2, -0.15) is 13.2 Å². The monoisotopic (exact) mass is 328 g/mol. The molecule has 3 nitrogen and oxygen atoms in total. The molecule has 1 fully saturated rings. The Bertz CT molecular complexity index is 516. The number of hydrogen-bond acceptors (Lipinski definition) is 2. The SMILES string of the molecule is CC(N)C1CCCN(C(=O)CC(c2ccccc2)C(F)(F)F)C1. The fourth-order valence-electron chi connectivity index (χ4n) is 3.08. The third-order valence-electron chi connectivity index (χ3n) is 4.53.